The van der Waals surface area contributed by atoms with E-state index in [0.717, 1.165) is 19.1 Å². The van der Waals surface area contributed by atoms with Gasteiger partial charge in [-0.2, -0.15) is 0 Å². The van der Waals surface area contributed by atoms with Crippen LogP contribution < -0.4 is 0 Å². The first-order valence-corrected chi connectivity index (χ1v) is 9.09. The van der Waals surface area contributed by atoms with Gasteiger partial charge in [-0.25, -0.2) is 0 Å². The Morgan fingerprint density at radius 2 is 1.92 bits per heavy atom. The third-order valence-electron chi connectivity index (χ3n) is 4.42. The molecule has 1 aliphatic carbocycles. The Morgan fingerprint density at radius 3 is 2.67 bits per heavy atom. The van der Waals surface area contributed by atoms with E-state index in [1.165, 1.54) is 26.5 Å². The molecule has 0 bridgehead atoms. The molecule has 0 N–H and O–H groups in total. The van der Waals surface area contributed by atoms with Gasteiger partial charge in [0, 0.05) is 9.80 Å². The lowest BCUT2D eigenvalue weighted by Gasteiger charge is -2.32. The van der Waals surface area contributed by atoms with Crippen LogP contribution in [0.5, 0.6) is 0 Å². The Bertz CT molecular complexity index is 785. The minimum atomic E-state index is 0.160. The van der Waals surface area contributed by atoms with Gasteiger partial charge in [-0.15, -0.1) is 0 Å². The molecule has 24 heavy (non-hydrogen) atoms. The molecule has 3 rings (SSSR count). The van der Waals surface area contributed by atoms with E-state index in [2.05, 4.69) is 62.4 Å². The van der Waals surface area contributed by atoms with Crippen molar-refractivity contribution in [2.45, 2.75) is 37.0 Å². The lowest BCUT2D eigenvalue weighted by Crippen LogP contribution is -2.21. The molecule has 0 atom stereocenters. The first-order valence-electron chi connectivity index (χ1n) is 8.27. The highest BCUT2D eigenvalue weighted by molar-refractivity contribution is 8.08. The van der Waals surface area contributed by atoms with Crippen LogP contribution in [0.4, 0.5) is 0 Å². The molecule has 1 aliphatic rings. The summed E-state index contributed by atoms with van der Waals surface area (Å²) in [7, 11) is 0. The Labute approximate surface area is 148 Å². The summed E-state index contributed by atoms with van der Waals surface area (Å²) in [4.78, 5) is 13.1. The topological polar surface area (TPSA) is 17.1 Å². The van der Waals surface area contributed by atoms with Gasteiger partial charge in [-0.1, -0.05) is 74.2 Å². The number of allylic oxidation sites excluding steroid dienone is 3. The van der Waals surface area contributed by atoms with Gasteiger partial charge in [0.25, 0.3) is 0 Å². The minimum absolute atomic E-state index is 0.160. The van der Waals surface area contributed by atoms with Gasteiger partial charge < -0.3 is 0 Å². The molecule has 0 spiro atoms. The van der Waals surface area contributed by atoms with Crippen LogP contribution in [0.1, 0.15) is 37.0 Å². The number of aldehydes is 1. The summed E-state index contributed by atoms with van der Waals surface area (Å²) in [5, 5.41) is 0. The van der Waals surface area contributed by atoms with Crippen molar-refractivity contribution in [1.29, 1.82) is 0 Å². The molecule has 0 aromatic heterocycles. The first-order chi connectivity index (χ1) is 11.6. The number of thioether (sulfide) groups is 1. The largest absolute Gasteiger partial charge is 0.299 e. The van der Waals surface area contributed by atoms with Gasteiger partial charge in [0.05, 0.1) is 0 Å². The SMILES string of the molecule is CC1(C)CC=C(Sc2ccccc2)c2cc(C/C=C/C=O)ccc21. The monoisotopic (exact) mass is 334 g/mol. The molecule has 122 valence electrons. The van der Waals surface area contributed by atoms with Gasteiger partial charge in [0.15, 0.2) is 0 Å². The van der Waals surface area contributed by atoms with Crippen molar-refractivity contribution in [1.82, 2.24) is 0 Å². The van der Waals surface area contributed by atoms with Crippen LogP contribution in [-0.2, 0) is 16.6 Å². The number of fused-ring (bicyclic) bond motifs is 1. The summed E-state index contributed by atoms with van der Waals surface area (Å²) in [5.41, 5.74) is 4.14. The first kappa shape index (κ1) is 16.8. The van der Waals surface area contributed by atoms with Crippen LogP contribution in [-0.4, -0.2) is 6.29 Å². The van der Waals surface area contributed by atoms with Crippen molar-refractivity contribution in [2.75, 3.05) is 0 Å². The average Bonchev–Trinajstić information content (AvgIpc) is 2.59. The highest BCUT2D eigenvalue weighted by atomic mass is 32.2. The molecule has 0 radical (unpaired) electrons. The van der Waals surface area contributed by atoms with Crippen LogP contribution in [0.3, 0.4) is 0 Å². The highest BCUT2D eigenvalue weighted by Crippen LogP contribution is 2.45. The number of hydrogen-bond acceptors (Lipinski definition) is 2. The van der Waals surface area contributed by atoms with Crippen molar-refractivity contribution in [3.8, 4) is 0 Å². The lowest BCUT2D eigenvalue weighted by atomic mass is 9.75. The van der Waals surface area contributed by atoms with Gasteiger partial charge >= 0.3 is 0 Å². The van der Waals surface area contributed by atoms with E-state index in [1.807, 2.05) is 23.9 Å². The second-order valence-electron chi connectivity index (χ2n) is 6.72. The van der Waals surface area contributed by atoms with E-state index in [0.29, 0.717) is 0 Å². The minimum Gasteiger partial charge on any atom is -0.299 e. The molecular weight excluding hydrogens is 312 g/mol. The number of benzene rings is 2. The average molecular weight is 334 g/mol. The molecule has 0 fully saturated rings. The van der Waals surface area contributed by atoms with Crippen LogP contribution >= 0.6 is 11.8 Å². The van der Waals surface area contributed by atoms with E-state index in [4.69, 9.17) is 0 Å². The fraction of sp³-hybridized carbons (Fsp3) is 0.227. The highest BCUT2D eigenvalue weighted by Gasteiger charge is 2.28. The van der Waals surface area contributed by atoms with Crippen molar-refractivity contribution in [3.05, 3.63) is 83.4 Å². The van der Waals surface area contributed by atoms with E-state index >= 15 is 0 Å². The number of carbonyl (C=O) groups is 1. The predicted molar refractivity (Wildman–Crippen MR) is 103 cm³/mol. The standard InChI is InChI=1S/C22H22OS/c1-22(2)14-13-21(24-18-9-4-3-5-10-18)19-16-17(8-6-7-15-23)11-12-20(19)22/h3-7,9-13,15-16H,8,14H2,1-2H3/b7-6+. The van der Waals surface area contributed by atoms with Crippen molar-refractivity contribution in [3.63, 3.8) is 0 Å². The van der Waals surface area contributed by atoms with Crippen molar-refractivity contribution in [2.24, 2.45) is 0 Å². The Hall–Kier alpha value is -2.06. The van der Waals surface area contributed by atoms with Gasteiger partial charge in [-0.05, 0) is 53.2 Å². The molecule has 2 aromatic rings. The predicted octanol–water partition coefficient (Wildman–Crippen LogP) is 5.80. The zero-order valence-corrected chi connectivity index (χ0v) is 15.0. The number of rotatable bonds is 5. The van der Waals surface area contributed by atoms with Crippen LogP contribution in [0.2, 0.25) is 0 Å². The molecule has 0 aliphatic heterocycles. The van der Waals surface area contributed by atoms with E-state index in [-0.39, 0.29) is 5.41 Å². The lowest BCUT2D eigenvalue weighted by molar-refractivity contribution is -0.104. The molecule has 0 saturated heterocycles. The Morgan fingerprint density at radius 1 is 1.12 bits per heavy atom. The fourth-order valence-electron chi connectivity index (χ4n) is 3.05. The Balaban J connectivity index is 1.96. The fourth-order valence-corrected chi connectivity index (χ4v) is 4.04. The molecule has 2 aromatic carbocycles. The quantitative estimate of drug-likeness (QED) is 0.508. The summed E-state index contributed by atoms with van der Waals surface area (Å²) >= 11 is 1.83. The maximum absolute atomic E-state index is 10.5. The van der Waals surface area contributed by atoms with Crippen LogP contribution in [0.15, 0.2) is 71.7 Å². The molecule has 0 amide bonds. The third kappa shape index (κ3) is 3.70. The smallest absolute Gasteiger partial charge is 0.142 e. The second kappa shape index (κ2) is 7.23. The molecule has 2 heteroatoms. The normalized spacial score (nSPS) is 15.8. The van der Waals surface area contributed by atoms with Crippen LogP contribution in [0.25, 0.3) is 4.91 Å². The summed E-state index contributed by atoms with van der Waals surface area (Å²) in [6, 6.07) is 17.3. The summed E-state index contributed by atoms with van der Waals surface area (Å²) in [5.74, 6) is 0. The summed E-state index contributed by atoms with van der Waals surface area (Å²) in [6.45, 7) is 4.61. The third-order valence-corrected chi connectivity index (χ3v) is 5.53. The number of hydrogen-bond donors (Lipinski definition) is 0. The maximum atomic E-state index is 10.5. The Kier molecular flexibility index (Phi) is 5.06. The molecule has 0 unspecified atom stereocenters. The zero-order valence-electron chi connectivity index (χ0n) is 14.2. The zero-order chi connectivity index (χ0) is 17.0. The van der Waals surface area contributed by atoms with Crippen molar-refractivity contribution >= 4 is 23.0 Å². The van der Waals surface area contributed by atoms with Gasteiger partial charge in [-0.3, -0.25) is 4.79 Å². The van der Waals surface area contributed by atoms with Crippen molar-refractivity contribution < 1.29 is 4.79 Å². The number of carbonyl (C=O) groups excluding carboxylic acids is 1. The second-order valence-corrected chi connectivity index (χ2v) is 7.84. The van der Waals surface area contributed by atoms with Gasteiger partial charge in [0.2, 0.25) is 0 Å². The van der Waals surface area contributed by atoms with Gasteiger partial charge in [0.1, 0.15) is 6.29 Å². The summed E-state index contributed by atoms with van der Waals surface area (Å²) < 4.78 is 0. The molecule has 0 saturated carbocycles. The van der Waals surface area contributed by atoms with E-state index in [1.54, 1.807) is 6.08 Å². The molecule has 1 nitrogen and oxygen atoms in total. The van der Waals surface area contributed by atoms with E-state index in [9.17, 15) is 4.79 Å². The van der Waals surface area contributed by atoms with E-state index < -0.39 is 0 Å². The molecule has 0 heterocycles. The maximum Gasteiger partial charge on any atom is 0.142 e. The summed E-state index contributed by atoms with van der Waals surface area (Å²) in [6.07, 6.45) is 8.52. The molecular formula is C22H22OS. The van der Waals surface area contributed by atoms with Crippen LogP contribution in [0, 0.1) is 0 Å².